The lowest BCUT2D eigenvalue weighted by Crippen LogP contribution is -2.18. The van der Waals surface area contributed by atoms with Crippen molar-refractivity contribution in [1.82, 2.24) is 0 Å². The molecule has 6 nitrogen and oxygen atoms in total. The van der Waals surface area contributed by atoms with Gasteiger partial charge >= 0.3 is 12.1 Å². The Hall–Kier alpha value is -3.80. The Bertz CT molecular complexity index is 979. The molecule has 2 aromatic carbocycles. The van der Waals surface area contributed by atoms with E-state index < -0.39 is 34.9 Å². The van der Waals surface area contributed by atoms with E-state index in [1.807, 2.05) is 0 Å². The molecule has 0 saturated carbocycles. The number of anilines is 2. The van der Waals surface area contributed by atoms with Gasteiger partial charge in [-0.1, -0.05) is 24.3 Å². The van der Waals surface area contributed by atoms with Crippen LogP contribution in [-0.4, -0.2) is 18.5 Å². The van der Waals surface area contributed by atoms with Gasteiger partial charge in [-0.25, -0.2) is 4.79 Å². The third-order valence-electron chi connectivity index (χ3n) is 3.64. The highest BCUT2D eigenvalue weighted by molar-refractivity contribution is 6.07. The fourth-order valence-electron chi connectivity index (χ4n) is 2.32. The lowest BCUT2D eigenvalue weighted by atomic mass is 10.1. The van der Waals surface area contributed by atoms with Crippen LogP contribution in [0.5, 0.6) is 0 Å². The molecule has 0 heterocycles. The van der Waals surface area contributed by atoms with Gasteiger partial charge in [0.2, 0.25) is 0 Å². The van der Waals surface area contributed by atoms with Gasteiger partial charge in [-0.2, -0.15) is 18.4 Å². The van der Waals surface area contributed by atoms with E-state index in [0.29, 0.717) is 0 Å². The van der Waals surface area contributed by atoms with Gasteiger partial charge < -0.3 is 15.4 Å². The fourth-order valence-corrected chi connectivity index (χ4v) is 2.32. The molecule has 0 bridgehead atoms. The summed E-state index contributed by atoms with van der Waals surface area (Å²) < 4.78 is 44.1. The molecule has 0 spiro atoms. The van der Waals surface area contributed by atoms with Crippen LogP contribution in [0.4, 0.5) is 24.5 Å². The highest BCUT2D eigenvalue weighted by atomic mass is 19.4. The molecule has 2 rings (SSSR count). The number of ether oxygens (including phenoxy) is 1. The summed E-state index contributed by atoms with van der Waals surface area (Å²) in [4.78, 5) is 24.2. The number of carbonyl (C=O) groups is 2. The number of hydrogen-bond donors (Lipinski definition) is 2. The number of nitrogens with one attached hydrogen (secondary N) is 2. The molecule has 0 aliphatic carbocycles. The molecular weight excluding hydrogens is 387 g/mol. The first-order valence-corrected chi connectivity index (χ1v) is 8.38. The molecule has 1 amide bonds. The van der Waals surface area contributed by atoms with Gasteiger partial charge in [0.25, 0.3) is 5.91 Å². The van der Waals surface area contributed by atoms with Crippen LogP contribution in [0.25, 0.3) is 0 Å². The molecule has 0 saturated heterocycles. The number of nitriles is 1. The normalized spacial score (nSPS) is 11.3. The summed E-state index contributed by atoms with van der Waals surface area (Å²) in [7, 11) is 0. The number of benzene rings is 2. The van der Waals surface area contributed by atoms with Crippen LogP contribution >= 0.6 is 0 Å². The zero-order chi connectivity index (χ0) is 21.4. The molecule has 9 heteroatoms. The third-order valence-corrected chi connectivity index (χ3v) is 3.64. The van der Waals surface area contributed by atoms with Crippen molar-refractivity contribution in [2.75, 3.05) is 17.2 Å². The lowest BCUT2D eigenvalue weighted by Gasteiger charge is -2.13. The van der Waals surface area contributed by atoms with Crippen LogP contribution in [-0.2, 0) is 15.7 Å². The van der Waals surface area contributed by atoms with Crippen molar-refractivity contribution in [2.45, 2.75) is 13.1 Å². The number of hydrogen-bond acceptors (Lipinski definition) is 5. The molecule has 0 aliphatic heterocycles. The Labute approximate surface area is 164 Å². The van der Waals surface area contributed by atoms with Crippen molar-refractivity contribution in [3.63, 3.8) is 0 Å². The number of halogens is 3. The van der Waals surface area contributed by atoms with E-state index in [1.165, 1.54) is 24.3 Å². The highest BCUT2D eigenvalue weighted by Crippen LogP contribution is 2.34. The minimum absolute atomic E-state index is 0.160. The van der Waals surface area contributed by atoms with Gasteiger partial charge in [0.05, 0.1) is 29.1 Å². The van der Waals surface area contributed by atoms with Crippen LogP contribution in [0.1, 0.15) is 22.8 Å². The Morgan fingerprint density at radius 3 is 2.34 bits per heavy atom. The molecule has 2 aromatic rings. The van der Waals surface area contributed by atoms with Crippen LogP contribution in [0.3, 0.4) is 0 Å². The molecule has 0 aromatic heterocycles. The van der Waals surface area contributed by atoms with Crippen LogP contribution < -0.4 is 10.6 Å². The van der Waals surface area contributed by atoms with Crippen molar-refractivity contribution in [3.05, 3.63) is 71.4 Å². The molecule has 150 valence electrons. The second-order valence-electron chi connectivity index (χ2n) is 5.58. The van der Waals surface area contributed by atoms with Crippen LogP contribution in [0.15, 0.2) is 60.3 Å². The van der Waals surface area contributed by atoms with E-state index in [9.17, 15) is 28.0 Å². The molecule has 0 aliphatic rings. The van der Waals surface area contributed by atoms with Crippen molar-refractivity contribution in [2.24, 2.45) is 0 Å². The zero-order valence-corrected chi connectivity index (χ0v) is 15.2. The maximum absolute atomic E-state index is 13.0. The molecule has 0 radical (unpaired) electrons. The Morgan fingerprint density at radius 1 is 1.10 bits per heavy atom. The summed E-state index contributed by atoms with van der Waals surface area (Å²) in [5.41, 5.74) is -1.56. The van der Waals surface area contributed by atoms with Gasteiger partial charge in [0.1, 0.15) is 11.6 Å². The summed E-state index contributed by atoms with van der Waals surface area (Å²) in [5, 5.41) is 13.9. The fraction of sp³-hybridized carbons (Fsp3) is 0.150. The Morgan fingerprint density at radius 2 is 1.72 bits per heavy atom. The lowest BCUT2D eigenvalue weighted by molar-refractivity contribution is -0.137. The standard InChI is InChI=1S/C20H16F3N3O3/c1-2-29-19(28)14-7-3-5-9-16(14)25-12-13(11-24)18(27)26-17-10-6-4-8-15(17)20(21,22)23/h3-10,12,25H,2H2,1H3,(H,26,27)/b13-12-. The predicted octanol–water partition coefficient (Wildman–Crippen LogP) is 4.34. The highest BCUT2D eigenvalue weighted by Gasteiger charge is 2.33. The molecule has 2 N–H and O–H groups in total. The molecule has 0 fully saturated rings. The van der Waals surface area contributed by atoms with Crippen molar-refractivity contribution < 1.29 is 27.5 Å². The number of para-hydroxylation sites is 2. The Balaban J connectivity index is 2.24. The number of rotatable bonds is 6. The summed E-state index contributed by atoms with van der Waals surface area (Å²) >= 11 is 0. The smallest absolute Gasteiger partial charge is 0.418 e. The minimum Gasteiger partial charge on any atom is -0.462 e. The first-order valence-electron chi connectivity index (χ1n) is 8.38. The number of esters is 1. The first kappa shape index (κ1) is 21.5. The monoisotopic (exact) mass is 403 g/mol. The quantitative estimate of drug-likeness (QED) is 0.425. The molecular formula is C20H16F3N3O3. The van der Waals surface area contributed by atoms with Crippen molar-refractivity contribution in [1.29, 1.82) is 5.26 Å². The van der Waals surface area contributed by atoms with Crippen LogP contribution in [0, 0.1) is 11.3 Å². The van der Waals surface area contributed by atoms with Gasteiger partial charge in [-0.05, 0) is 31.2 Å². The average molecular weight is 403 g/mol. The van der Waals surface area contributed by atoms with Gasteiger partial charge in [-0.15, -0.1) is 0 Å². The van der Waals surface area contributed by atoms with E-state index in [2.05, 4.69) is 10.6 Å². The number of nitrogens with zero attached hydrogens (tertiary/aromatic N) is 1. The third kappa shape index (κ3) is 5.59. The zero-order valence-electron chi connectivity index (χ0n) is 15.2. The topological polar surface area (TPSA) is 91.2 Å². The van der Waals surface area contributed by atoms with E-state index in [4.69, 9.17) is 4.74 Å². The predicted molar refractivity (Wildman–Crippen MR) is 99.8 cm³/mol. The SMILES string of the molecule is CCOC(=O)c1ccccc1N/C=C(/C#N)C(=O)Nc1ccccc1C(F)(F)F. The van der Waals surface area contributed by atoms with E-state index in [1.54, 1.807) is 25.1 Å². The minimum atomic E-state index is -4.67. The first-order chi connectivity index (χ1) is 13.8. The maximum Gasteiger partial charge on any atom is 0.418 e. The number of alkyl halides is 3. The van der Waals surface area contributed by atoms with Gasteiger partial charge in [0.15, 0.2) is 0 Å². The summed E-state index contributed by atoms with van der Waals surface area (Å²) in [6, 6.07) is 12.3. The van der Waals surface area contributed by atoms with Crippen LogP contribution in [0.2, 0.25) is 0 Å². The Kier molecular flexibility index (Phi) is 6.98. The molecule has 0 atom stereocenters. The van der Waals surface area contributed by atoms with Crippen molar-refractivity contribution in [3.8, 4) is 6.07 Å². The van der Waals surface area contributed by atoms with E-state index in [0.717, 1.165) is 18.3 Å². The summed E-state index contributed by atoms with van der Waals surface area (Å²) in [6.45, 7) is 1.80. The van der Waals surface area contributed by atoms with E-state index in [-0.39, 0.29) is 17.9 Å². The molecule has 29 heavy (non-hydrogen) atoms. The summed E-state index contributed by atoms with van der Waals surface area (Å²) in [5.74, 6) is -1.64. The number of carbonyl (C=O) groups excluding carboxylic acids is 2. The van der Waals surface area contributed by atoms with Gasteiger partial charge in [0, 0.05) is 6.20 Å². The number of amides is 1. The van der Waals surface area contributed by atoms with E-state index >= 15 is 0 Å². The maximum atomic E-state index is 13.0. The average Bonchev–Trinajstić information content (AvgIpc) is 2.68. The largest absolute Gasteiger partial charge is 0.462 e. The van der Waals surface area contributed by atoms with Gasteiger partial charge in [-0.3, -0.25) is 4.79 Å². The van der Waals surface area contributed by atoms with Crippen molar-refractivity contribution >= 4 is 23.3 Å². The second-order valence-corrected chi connectivity index (χ2v) is 5.58. The molecule has 0 unspecified atom stereocenters. The summed E-state index contributed by atoms with van der Waals surface area (Å²) in [6.07, 6.45) is -3.67. The second kappa shape index (κ2) is 9.41.